The third kappa shape index (κ3) is 3.68. The average molecular weight is 380 g/mol. The Labute approximate surface area is 141 Å². The number of nitro groups is 1. The number of nitro benzene ring substituents is 1. The molecular formula is C16H14BrNO5. The zero-order valence-electron chi connectivity index (χ0n) is 12.5. The van der Waals surface area contributed by atoms with Crippen LogP contribution in [0, 0.1) is 10.1 Å². The van der Waals surface area contributed by atoms with Crippen molar-refractivity contribution in [3.05, 3.63) is 62.1 Å². The van der Waals surface area contributed by atoms with Crippen LogP contribution in [0.4, 0.5) is 5.69 Å². The number of carbonyl (C=O) groups is 1. The molecule has 0 saturated carbocycles. The Bertz CT molecular complexity index is 743. The molecule has 0 unspecified atom stereocenters. The second-order valence-electron chi connectivity index (χ2n) is 4.68. The Morgan fingerprint density at radius 2 is 1.78 bits per heavy atom. The lowest BCUT2D eigenvalue weighted by molar-refractivity contribution is -0.384. The summed E-state index contributed by atoms with van der Waals surface area (Å²) in [5.41, 5.74) is 0.992. The number of benzene rings is 2. The van der Waals surface area contributed by atoms with Gasteiger partial charge in [-0.25, -0.2) is 0 Å². The molecular weight excluding hydrogens is 366 g/mol. The third-order valence-corrected chi connectivity index (χ3v) is 3.91. The summed E-state index contributed by atoms with van der Waals surface area (Å²) in [7, 11) is 2.95. The molecule has 0 atom stereocenters. The van der Waals surface area contributed by atoms with E-state index in [0.717, 1.165) is 0 Å². The van der Waals surface area contributed by atoms with Crippen LogP contribution < -0.4 is 9.47 Å². The third-order valence-electron chi connectivity index (χ3n) is 3.29. The lowest BCUT2D eigenvalue weighted by Crippen LogP contribution is -2.08. The fourth-order valence-electron chi connectivity index (χ4n) is 2.18. The predicted molar refractivity (Wildman–Crippen MR) is 88.4 cm³/mol. The summed E-state index contributed by atoms with van der Waals surface area (Å²) in [6, 6.07) is 9.28. The highest BCUT2D eigenvalue weighted by atomic mass is 79.9. The first-order chi connectivity index (χ1) is 11.0. The molecule has 0 aliphatic carbocycles. The maximum atomic E-state index is 12.6. The molecule has 2 aromatic carbocycles. The number of nitrogens with zero attached hydrogens (tertiary/aromatic N) is 1. The Morgan fingerprint density at radius 3 is 2.30 bits per heavy atom. The van der Waals surface area contributed by atoms with Gasteiger partial charge in [0.25, 0.3) is 5.69 Å². The minimum Gasteiger partial charge on any atom is -0.496 e. The number of ketones is 1. The van der Waals surface area contributed by atoms with Crippen LogP contribution in [-0.4, -0.2) is 24.9 Å². The molecule has 23 heavy (non-hydrogen) atoms. The Hall–Kier alpha value is -2.41. The number of Topliss-reactive ketones (excluding diaryl/α,β-unsaturated/α-hetero) is 1. The number of ether oxygens (including phenoxy) is 2. The van der Waals surface area contributed by atoms with Crippen molar-refractivity contribution in [3.8, 4) is 11.5 Å². The van der Waals surface area contributed by atoms with E-state index in [4.69, 9.17) is 9.47 Å². The van der Waals surface area contributed by atoms with Crippen LogP contribution in [0.2, 0.25) is 0 Å². The van der Waals surface area contributed by atoms with Crippen LogP contribution in [0.15, 0.2) is 40.9 Å². The van der Waals surface area contributed by atoms with Gasteiger partial charge in [0.2, 0.25) is 0 Å². The molecule has 0 N–H and O–H groups in total. The van der Waals surface area contributed by atoms with Crippen molar-refractivity contribution >= 4 is 27.4 Å². The van der Waals surface area contributed by atoms with Crippen LogP contribution in [0.25, 0.3) is 0 Å². The van der Waals surface area contributed by atoms with E-state index < -0.39 is 4.92 Å². The van der Waals surface area contributed by atoms with Gasteiger partial charge in [-0.2, -0.15) is 0 Å². The summed E-state index contributed by atoms with van der Waals surface area (Å²) < 4.78 is 11.2. The van der Waals surface area contributed by atoms with Gasteiger partial charge in [-0.3, -0.25) is 14.9 Å². The molecule has 120 valence electrons. The van der Waals surface area contributed by atoms with Gasteiger partial charge in [-0.1, -0.05) is 12.1 Å². The molecule has 2 aromatic rings. The first-order valence-electron chi connectivity index (χ1n) is 6.65. The van der Waals surface area contributed by atoms with Gasteiger partial charge in [-0.05, 0) is 33.6 Å². The van der Waals surface area contributed by atoms with Crippen molar-refractivity contribution in [2.24, 2.45) is 0 Å². The van der Waals surface area contributed by atoms with E-state index in [1.165, 1.54) is 26.4 Å². The van der Waals surface area contributed by atoms with Crippen LogP contribution in [-0.2, 0) is 6.42 Å². The first kappa shape index (κ1) is 17.0. The van der Waals surface area contributed by atoms with Crippen LogP contribution >= 0.6 is 15.9 Å². The monoisotopic (exact) mass is 379 g/mol. The van der Waals surface area contributed by atoms with E-state index in [1.807, 2.05) is 0 Å². The van der Waals surface area contributed by atoms with E-state index in [0.29, 0.717) is 27.1 Å². The number of hydrogen-bond acceptors (Lipinski definition) is 5. The van der Waals surface area contributed by atoms with E-state index in [2.05, 4.69) is 15.9 Å². The summed E-state index contributed by atoms with van der Waals surface area (Å²) in [5.74, 6) is 0.613. The highest BCUT2D eigenvalue weighted by molar-refractivity contribution is 9.10. The lowest BCUT2D eigenvalue weighted by Gasteiger charge is -2.13. The smallest absolute Gasteiger partial charge is 0.269 e. The van der Waals surface area contributed by atoms with Crippen molar-refractivity contribution in [1.82, 2.24) is 0 Å². The van der Waals surface area contributed by atoms with E-state index in [9.17, 15) is 14.9 Å². The van der Waals surface area contributed by atoms with Crippen molar-refractivity contribution in [3.63, 3.8) is 0 Å². The minimum absolute atomic E-state index is 0.0150. The van der Waals surface area contributed by atoms with E-state index in [1.54, 1.807) is 24.3 Å². The Kier molecular flexibility index (Phi) is 5.33. The molecule has 0 amide bonds. The topological polar surface area (TPSA) is 78.7 Å². The van der Waals surface area contributed by atoms with Crippen molar-refractivity contribution < 1.29 is 19.2 Å². The lowest BCUT2D eigenvalue weighted by atomic mass is 10.0. The molecule has 0 fully saturated rings. The number of halogens is 1. The van der Waals surface area contributed by atoms with E-state index >= 15 is 0 Å². The zero-order chi connectivity index (χ0) is 17.0. The van der Waals surface area contributed by atoms with Gasteiger partial charge < -0.3 is 9.47 Å². The molecule has 0 radical (unpaired) electrons. The maximum Gasteiger partial charge on any atom is 0.269 e. The Balaban J connectivity index is 2.33. The number of hydrogen-bond donors (Lipinski definition) is 0. The number of methoxy groups -OCH3 is 2. The molecule has 0 heterocycles. The standard InChI is InChI=1S/C16H14BrNO5/c1-22-14-8-7-12(17)16(23-2)15(14)13(19)9-10-3-5-11(6-4-10)18(20)21/h3-8H,9H2,1-2H3. The zero-order valence-corrected chi connectivity index (χ0v) is 14.1. The summed E-state index contributed by atoms with van der Waals surface area (Å²) in [6.07, 6.45) is 0.0845. The molecule has 0 aliphatic heterocycles. The minimum atomic E-state index is -0.480. The summed E-state index contributed by atoms with van der Waals surface area (Å²) in [4.78, 5) is 22.8. The van der Waals surface area contributed by atoms with Gasteiger partial charge in [0.15, 0.2) is 5.78 Å². The van der Waals surface area contributed by atoms with Crippen LogP contribution in [0.5, 0.6) is 11.5 Å². The largest absolute Gasteiger partial charge is 0.496 e. The summed E-state index contributed by atoms with van der Waals surface area (Å²) >= 11 is 3.34. The molecule has 0 spiro atoms. The maximum absolute atomic E-state index is 12.6. The first-order valence-corrected chi connectivity index (χ1v) is 7.44. The summed E-state index contributed by atoms with van der Waals surface area (Å²) in [5, 5.41) is 10.7. The quantitative estimate of drug-likeness (QED) is 0.433. The molecule has 7 heteroatoms. The average Bonchev–Trinajstić information content (AvgIpc) is 2.54. The number of carbonyl (C=O) groups excluding carboxylic acids is 1. The van der Waals surface area contributed by atoms with Crippen LogP contribution in [0.3, 0.4) is 0 Å². The van der Waals surface area contributed by atoms with Gasteiger partial charge in [0, 0.05) is 18.6 Å². The second kappa shape index (κ2) is 7.23. The Morgan fingerprint density at radius 1 is 1.13 bits per heavy atom. The highest BCUT2D eigenvalue weighted by Gasteiger charge is 2.21. The van der Waals surface area contributed by atoms with Crippen LogP contribution in [0.1, 0.15) is 15.9 Å². The van der Waals surface area contributed by atoms with E-state index in [-0.39, 0.29) is 17.9 Å². The molecule has 0 bridgehead atoms. The molecule has 0 aliphatic rings. The highest BCUT2D eigenvalue weighted by Crippen LogP contribution is 2.36. The molecule has 0 saturated heterocycles. The second-order valence-corrected chi connectivity index (χ2v) is 5.54. The fourth-order valence-corrected chi connectivity index (χ4v) is 2.67. The molecule has 0 aromatic heterocycles. The fraction of sp³-hybridized carbons (Fsp3) is 0.188. The van der Waals surface area contributed by atoms with Crippen molar-refractivity contribution in [2.45, 2.75) is 6.42 Å². The van der Waals surface area contributed by atoms with Crippen molar-refractivity contribution in [1.29, 1.82) is 0 Å². The van der Waals surface area contributed by atoms with Gasteiger partial charge in [-0.15, -0.1) is 0 Å². The van der Waals surface area contributed by atoms with Gasteiger partial charge in [0.1, 0.15) is 17.1 Å². The number of non-ortho nitro benzene ring substituents is 1. The SMILES string of the molecule is COc1ccc(Br)c(OC)c1C(=O)Cc1ccc([N+](=O)[O-])cc1. The normalized spacial score (nSPS) is 10.2. The van der Waals surface area contributed by atoms with Crippen molar-refractivity contribution in [2.75, 3.05) is 14.2 Å². The predicted octanol–water partition coefficient (Wildman–Crippen LogP) is 3.80. The van der Waals surface area contributed by atoms with Gasteiger partial charge in [0.05, 0.1) is 23.6 Å². The number of rotatable bonds is 6. The molecule has 2 rings (SSSR count). The molecule has 6 nitrogen and oxygen atoms in total. The summed E-state index contributed by atoms with van der Waals surface area (Å²) in [6.45, 7) is 0. The van der Waals surface area contributed by atoms with Gasteiger partial charge >= 0.3 is 0 Å².